The lowest BCUT2D eigenvalue weighted by molar-refractivity contribution is 0.490. The van der Waals surface area contributed by atoms with Crippen LogP contribution in [-0.4, -0.2) is 25.3 Å². The smallest absolute Gasteiger partial charge is 0.259 e. The highest BCUT2D eigenvalue weighted by Crippen LogP contribution is 2.17. The second kappa shape index (κ2) is 7.07. The lowest BCUT2D eigenvalue weighted by atomic mass is 10.1. The Hall–Kier alpha value is -2.41. The van der Waals surface area contributed by atoms with Crippen molar-refractivity contribution >= 4 is 22.7 Å². The molecule has 1 aliphatic heterocycles. The molecule has 1 N–H and O–H groups in total. The van der Waals surface area contributed by atoms with Crippen molar-refractivity contribution in [3.63, 3.8) is 0 Å². The van der Waals surface area contributed by atoms with Crippen molar-refractivity contribution in [2.24, 2.45) is 0 Å². The maximum Gasteiger partial charge on any atom is 0.259 e. The molecule has 7 heteroatoms. The number of aryl methyl sites for hydroxylation is 2. The van der Waals surface area contributed by atoms with Crippen LogP contribution in [0.15, 0.2) is 39.0 Å². The number of hydrogen-bond acceptors (Lipinski definition) is 5. The molecule has 134 valence electrons. The van der Waals surface area contributed by atoms with Gasteiger partial charge in [-0.15, -0.1) is 0 Å². The standard InChI is InChI=1S/C19H20N4O2S/c1-12-13(18(25)23-10-5-4-8-16(23)20-12)9-11-26-19-21-15-7-3-2-6-14(15)17(24)22-19/h2-3,6-7H,4-5,8-11H2,1H3,(H,21,22,24). The van der Waals surface area contributed by atoms with Crippen molar-refractivity contribution < 1.29 is 0 Å². The summed E-state index contributed by atoms with van der Waals surface area (Å²) in [6.07, 6.45) is 3.63. The number of nitrogens with one attached hydrogen (secondary N) is 1. The van der Waals surface area contributed by atoms with Crippen molar-refractivity contribution in [2.75, 3.05) is 5.75 Å². The van der Waals surface area contributed by atoms with Crippen LogP contribution in [0.25, 0.3) is 10.9 Å². The minimum Gasteiger partial charge on any atom is -0.301 e. The minimum absolute atomic E-state index is 0.0905. The van der Waals surface area contributed by atoms with E-state index in [1.807, 2.05) is 29.7 Å². The van der Waals surface area contributed by atoms with E-state index in [1.165, 1.54) is 11.8 Å². The van der Waals surface area contributed by atoms with Crippen LogP contribution < -0.4 is 11.1 Å². The first-order valence-electron chi connectivity index (χ1n) is 8.84. The lowest BCUT2D eigenvalue weighted by Gasteiger charge is -2.19. The maximum atomic E-state index is 12.7. The zero-order valence-electron chi connectivity index (χ0n) is 14.6. The maximum absolute atomic E-state index is 12.7. The van der Waals surface area contributed by atoms with Crippen molar-refractivity contribution in [1.82, 2.24) is 19.5 Å². The van der Waals surface area contributed by atoms with E-state index < -0.39 is 0 Å². The molecular weight excluding hydrogens is 348 g/mol. The Morgan fingerprint density at radius 1 is 1.19 bits per heavy atom. The van der Waals surface area contributed by atoms with Gasteiger partial charge in [0.2, 0.25) is 0 Å². The molecule has 6 nitrogen and oxygen atoms in total. The SMILES string of the molecule is Cc1nc2n(c(=O)c1CCSc1nc3ccccc3c(=O)[nH]1)CCCC2. The summed E-state index contributed by atoms with van der Waals surface area (Å²) in [6, 6.07) is 7.29. The first kappa shape index (κ1) is 17.0. The Bertz CT molecular complexity index is 1090. The van der Waals surface area contributed by atoms with Crippen LogP contribution in [-0.2, 0) is 19.4 Å². The summed E-state index contributed by atoms with van der Waals surface area (Å²) in [4.78, 5) is 36.8. The minimum atomic E-state index is -0.134. The molecule has 0 aliphatic carbocycles. The van der Waals surface area contributed by atoms with E-state index >= 15 is 0 Å². The molecular formula is C19H20N4O2S. The van der Waals surface area contributed by atoms with E-state index in [0.29, 0.717) is 28.2 Å². The number of H-pyrrole nitrogens is 1. The number of aromatic amines is 1. The number of fused-ring (bicyclic) bond motifs is 2. The van der Waals surface area contributed by atoms with Crippen LogP contribution in [0, 0.1) is 6.92 Å². The summed E-state index contributed by atoms with van der Waals surface area (Å²) >= 11 is 1.46. The number of rotatable bonds is 4. The quantitative estimate of drug-likeness (QED) is 0.565. The van der Waals surface area contributed by atoms with Crippen LogP contribution in [0.5, 0.6) is 0 Å². The number of nitrogens with zero attached hydrogens (tertiary/aromatic N) is 3. The van der Waals surface area contributed by atoms with Crippen LogP contribution in [0.1, 0.15) is 29.9 Å². The van der Waals surface area contributed by atoms with Crippen LogP contribution in [0.3, 0.4) is 0 Å². The Morgan fingerprint density at radius 3 is 2.92 bits per heavy atom. The third-order valence-electron chi connectivity index (χ3n) is 4.76. The second-order valence-corrected chi connectivity index (χ2v) is 7.58. The highest BCUT2D eigenvalue weighted by molar-refractivity contribution is 7.99. The molecule has 0 bridgehead atoms. The monoisotopic (exact) mass is 368 g/mol. The van der Waals surface area contributed by atoms with Crippen molar-refractivity contribution in [3.05, 3.63) is 62.1 Å². The first-order valence-corrected chi connectivity index (χ1v) is 9.83. The van der Waals surface area contributed by atoms with Gasteiger partial charge in [0.25, 0.3) is 11.1 Å². The molecule has 0 spiro atoms. The van der Waals surface area contributed by atoms with Gasteiger partial charge in [0.05, 0.1) is 10.9 Å². The normalized spacial score (nSPS) is 13.7. The highest BCUT2D eigenvalue weighted by atomic mass is 32.2. The number of aromatic nitrogens is 4. The van der Waals surface area contributed by atoms with Crippen molar-refractivity contribution in [3.8, 4) is 0 Å². The third kappa shape index (κ3) is 3.19. The molecule has 0 amide bonds. The Morgan fingerprint density at radius 2 is 2.04 bits per heavy atom. The van der Waals surface area contributed by atoms with Gasteiger partial charge in [0.15, 0.2) is 5.16 Å². The fraction of sp³-hybridized carbons (Fsp3) is 0.368. The summed E-state index contributed by atoms with van der Waals surface area (Å²) in [5.74, 6) is 1.58. The summed E-state index contributed by atoms with van der Waals surface area (Å²) < 4.78 is 1.83. The molecule has 0 saturated carbocycles. The fourth-order valence-corrected chi connectivity index (χ4v) is 4.23. The van der Waals surface area contributed by atoms with Gasteiger partial charge in [0.1, 0.15) is 5.82 Å². The largest absolute Gasteiger partial charge is 0.301 e. The summed E-state index contributed by atoms with van der Waals surface area (Å²) in [7, 11) is 0. The molecule has 0 atom stereocenters. The summed E-state index contributed by atoms with van der Waals surface area (Å²) in [5.41, 5.74) is 2.23. The van der Waals surface area contributed by atoms with Gasteiger partial charge in [-0.25, -0.2) is 9.97 Å². The molecule has 0 unspecified atom stereocenters. The second-order valence-electron chi connectivity index (χ2n) is 6.49. The number of benzene rings is 1. The molecule has 3 heterocycles. The zero-order valence-corrected chi connectivity index (χ0v) is 15.4. The number of thioether (sulfide) groups is 1. The van der Waals surface area contributed by atoms with E-state index in [9.17, 15) is 9.59 Å². The first-order chi connectivity index (χ1) is 12.6. The lowest BCUT2D eigenvalue weighted by Crippen LogP contribution is -2.32. The van der Waals surface area contributed by atoms with Gasteiger partial charge < -0.3 is 4.98 Å². The number of hydrogen-bond donors (Lipinski definition) is 1. The molecule has 1 aromatic carbocycles. The van der Waals surface area contributed by atoms with E-state index in [1.54, 1.807) is 6.07 Å². The third-order valence-corrected chi connectivity index (χ3v) is 5.64. The van der Waals surface area contributed by atoms with Crippen LogP contribution in [0.4, 0.5) is 0 Å². The Balaban J connectivity index is 1.54. The van der Waals surface area contributed by atoms with Gasteiger partial charge in [-0.05, 0) is 38.3 Å². The van der Waals surface area contributed by atoms with E-state index in [-0.39, 0.29) is 11.1 Å². The molecule has 2 aromatic heterocycles. The molecule has 0 fully saturated rings. The molecule has 0 saturated heterocycles. The molecule has 0 radical (unpaired) electrons. The van der Waals surface area contributed by atoms with Gasteiger partial charge >= 0.3 is 0 Å². The van der Waals surface area contributed by atoms with Crippen molar-refractivity contribution in [1.29, 1.82) is 0 Å². The fourth-order valence-electron chi connectivity index (χ4n) is 3.40. The van der Waals surface area contributed by atoms with Crippen molar-refractivity contribution in [2.45, 2.75) is 44.3 Å². The Labute approximate surface area is 154 Å². The predicted molar refractivity (Wildman–Crippen MR) is 103 cm³/mol. The van der Waals surface area contributed by atoms with E-state index in [4.69, 9.17) is 0 Å². The molecule has 1 aliphatic rings. The van der Waals surface area contributed by atoms with E-state index in [2.05, 4.69) is 15.0 Å². The van der Waals surface area contributed by atoms with Gasteiger partial charge in [-0.3, -0.25) is 14.2 Å². The van der Waals surface area contributed by atoms with Crippen LogP contribution >= 0.6 is 11.8 Å². The average Bonchev–Trinajstić information content (AvgIpc) is 2.64. The predicted octanol–water partition coefficient (Wildman–Crippen LogP) is 2.46. The molecule has 4 rings (SSSR count). The Kier molecular flexibility index (Phi) is 4.63. The van der Waals surface area contributed by atoms with E-state index in [0.717, 1.165) is 42.9 Å². The average molecular weight is 368 g/mol. The summed E-state index contributed by atoms with van der Waals surface area (Å²) in [5, 5.41) is 1.17. The highest BCUT2D eigenvalue weighted by Gasteiger charge is 2.17. The zero-order chi connectivity index (χ0) is 18.1. The molecule has 3 aromatic rings. The summed E-state index contributed by atoms with van der Waals surface area (Å²) in [6.45, 7) is 2.67. The van der Waals surface area contributed by atoms with Crippen LogP contribution in [0.2, 0.25) is 0 Å². The van der Waals surface area contributed by atoms with Gasteiger partial charge in [-0.1, -0.05) is 23.9 Å². The van der Waals surface area contributed by atoms with Gasteiger partial charge in [-0.2, -0.15) is 0 Å². The van der Waals surface area contributed by atoms with Gasteiger partial charge in [0, 0.05) is 30.0 Å². The molecule has 26 heavy (non-hydrogen) atoms. The topological polar surface area (TPSA) is 80.6 Å². The number of para-hydroxylation sites is 1.